The third kappa shape index (κ3) is 6.66. The molecule has 0 aliphatic carbocycles. The van der Waals surface area contributed by atoms with Crippen LogP contribution in [-0.4, -0.2) is 66.7 Å². The summed E-state index contributed by atoms with van der Waals surface area (Å²) in [5.74, 6) is 0.623. The number of nitrogens with zero attached hydrogens (tertiary/aromatic N) is 4. The van der Waals surface area contributed by atoms with E-state index in [9.17, 15) is 13.2 Å². The van der Waals surface area contributed by atoms with E-state index >= 15 is 0 Å². The molecule has 1 fully saturated rings. The smallest absolute Gasteiger partial charge is 0.385 e. The summed E-state index contributed by atoms with van der Waals surface area (Å²) in [5.41, 5.74) is -0.806. The topological polar surface area (TPSA) is 63.9 Å². The number of hydrogen-bond acceptors (Lipinski definition) is 4. The minimum Gasteiger partial charge on any atom is -0.385 e. The minimum atomic E-state index is -4.48. The number of piperidine rings is 1. The lowest BCUT2D eigenvalue weighted by Gasteiger charge is -2.34. The number of guanidine groups is 1. The summed E-state index contributed by atoms with van der Waals surface area (Å²) in [6, 6.07) is 0. The van der Waals surface area contributed by atoms with Gasteiger partial charge >= 0.3 is 6.18 Å². The van der Waals surface area contributed by atoms with Crippen LogP contribution in [0.5, 0.6) is 0 Å². The molecule has 0 radical (unpaired) electrons. The van der Waals surface area contributed by atoms with Crippen molar-refractivity contribution >= 4 is 5.96 Å². The monoisotopic (exact) mass is 405 g/mol. The number of aryl methyl sites for hydroxylation is 1. The molecule has 28 heavy (non-hydrogen) atoms. The van der Waals surface area contributed by atoms with E-state index in [0.717, 1.165) is 32.4 Å². The predicted molar refractivity (Wildman–Crippen MR) is 100 cm³/mol. The molecule has 0 aromatic carbocycles. The van der Waals surface area contributed by atoms with Gasteiger partial charge in [-0.05, 0) is 26.2 Å². The highest BCUT2D eigenvalue weighted by atomic mass is 19.4. The van der Waals surface area contributed by atoms with E-state index in [-0.39, 0.29) is 18.2 Å². The number of nitrogens with one attached hydrogen (secondary N) is 1. The number of aliphatic imine (C=N–C) groups is 1. The van der Waals surface area contributed by atoms with Crippen molar-refractivity contribution in [2.75, 3.05) is 40.0 Å². The maximum absolute atomic E-state index is 13.1. The third-order valence-corrected chi connectivity index (χ3v) is 4.50. The van der Waals surface area contributed by atoms with Gasteiger partial charge in [0.15, 0.2) is 11.7 Å². The van der Waals surface area contributed by atoms with Gasteiger partial charge in [-0.25, -0.2) is 4.99 Å². The molecule has 0 atom stereocenters. The molecule has 160 valence electrons. The van der Waals surface area contributed by atoms with Gasteiger partial charge in [-0.2, -0.15) is 18.3 Å². The first-order valence-corrected chi connectivity index (χ1v) is 9.58. The second-order valence-corrected chi connectivity index (χ2v) is 6.75. The Bertz CT molecular complexity index is 625. The molecule has 2 heterocycles. The number of halogens is 3. The standard InChI is InChI=1S/C18H30F3N5O2/c1-4-22-17(23-12-14-13-25(2)24-16(14)18(19,20)21)26-8-6-15(7-9-26)28-11-5-10-27-3/h13,15H,4-12H2,1-3H3,(H,22,23). The van der Waals surface area contributed by atoms with Crippen molar-refractivity contribution in [3.63, 3.8) is 0 Å². The highest BCUT2D eigenvalue weighted by Gasteiger charge is 2.36. The number of hydrogen-bond donors (Lipinski definition) is 1. The van der Waals surface area contributed by atoms with Crippen molar-refractivity contribution < 1.29 is 22.6 Å². The van der Waals surface area contributed by atoms with Gasteiger partial charge in [-0.1, -0.05) is 0 Å². The van der Waals surface area contributed by atoms with Gasteiger partial charge in [-0.3, -0.25) is 4.68 Å². The van der Waals surface area contributed by atoms with E-state index in [4.69, 9.17) is 9.47 Å². The van der Waals surface area contributed by atoms with Crippen LogP contribution < -0.4 is 5.32 Å². The Balaban J connectivity index is 1.95. The number of ether oxygens (including phenoxy) is 2. The molecule has 1 aromatic heterocycles. The Morgan fingerprint density at radius 2 is 2.04 bits per heavy atom. The van der Waals surface area contributed by atoms with Crippen LogP contribution in [-0.2, 0) is 29.2 Å². The number of rotatable bonds is 8. The average molecular weight is 405 g/mol. The zero-order chi connectivity index (χ0) is 20.6. The van der Waals surface area contributed by atoms with Crippen LogP contribution in [0.15, 0.2) is 11.2 Å². The summed E-state index contributed by atoms with van der Waals surface area (Å²) in [7, 11) is 3.15. The molecule has 1 aliphatic heterocycles. The fourth-order valence-electron chi connectivity index (χ4n) is 3.17. The Hall–Kier alpha value is -1.81. The van der Waals surface area contributed by atoms with E-state index in [0.29, 0.717) is 25.7 Å². The number of aromatic nitrogens is 2. The normalized spacial score (nSPS) is 16.6. The third-order valence-electron chi connectivity index (χ3n) is 4.50. The zero-order valence-electron chi connectivity index (χ0n) is 16.8. The molecular formula is C18H30F3N5O2. The molecule has 7 nitrogen and oxygen atoms in total. The maximum Gasteiger partial charge on any atom is 0.435 e. The summed E-state index contributed by atoms with van der Waals surface area (Å²) < 4.78 is 51.4. The lowest BCUT2D eigenvalue weighted by Crippen LogP contribution is -2.47. The van der Waals surface area contributed by atoms with Crippen molar-refractivity contribution in [1.82, 2.24) is 20.0 Å². The molecule has 0 saturated carbocycles. The quantitative estimate of drug-likeness (QED) is 0.409. The van der Waals surface area contributed by atoms with Crippen molar-refractivity contribution in [1.29, 1.82) is 0 Å². The lowest BCUT2D eigenvalue weighted by molar-refractivity contribution is -0.142. The fraction of sp³-hybridized carbons (Fsp3) is 0.778. The van der Waals surface area contributed by atoms with Crippen molar-refractivity contribution in [3.05, 3.63) is 17.5 Å². The minimum absolute atomic E-state index is 0.0710. The molecule has 1 N–H and O–H groups in total. The van der Waals surface area contributed by atoms with E-state index in [2.05, 4.69) is 20.3 Å². The Kier molecular flexibility index (Phi) is 8.56. The van der Waals surface area contributed by atoms with Crippen LogP contribution in [0, 0.1) is 0 Å². The first kappa shape index (κ1) is 22.5. The van der Waals surface area contributed by atoms with Gasteiger partial charge in [0, 0.05) is 58.8 Å². The molecule has 0 spiro atoms. The largest absolute Gasteiger partial charge is 0.435 e. The molecule has 10 heteroatoms. The summed E-state index contributed by atoms with van der Waals surface area (Å²) in [6.07, 6.45) is -0.325. The highest BCUT2D eigenvalue weighted by molar-refractivity contribution is 5.80. The van der Waals surface area contributed by atoms with Crippen LogP contribution in [0.25, 0.3) is 0 Å². The van der Waals surface area contributed by atoms with E-state index in [1.54, 1.807) is 7.11 Å². The summed E-state index contributed by atoms with van der Waals surface area (Å²) in [6.45, 7) is 5.37. The first-order valence-electron chi connectivity index (χ1n) is 9.58. The number of likely N-dealkylation sites (tertiary alicyclic amines) is 1. The number of methoxy groups -OCH3 is 1. The van der Waals surface area contributed by atoms with Gasteiger partial charge in [0.2, 0.25) is 0 Å². The van der Waals surface area contributed by atoms with Crippen LogP contribution in [0.3, 0.4) is 0 Å². The van der Waals surface area contributed by atoms with E-state index in [1.807, 2.05) is 6.92 Å². The second-order valence-electron chi connectivity index (χ2n) is 6.75. The van der Waals surface area contributed by atoms with Gasteiger partial charge in [0.1, 0.15) is 0 Å². The molecule has 1 aliphatic rings. The highest BCUT2D eigenvalue weighted by Crippen LogP contribution is 2.30. The molecule has 1 saturated heterocycles. The Morgan fingerprint density at radius 3 is 2.64 bits per heavy atom. The SMILES string of the molecule is CCNC(=NCc1cn(C)nc1C(F)(F)F)N1CCC(OCCCOC)CC1. The van der Waals surface area contributed by atoms with Gasteiger partial charge in [0.25, 0.3) is 0 Å². The van der Waals surface area contributed by atoms with E-state index < -0.39 is 11.9 Å². The predicted octanol–water partition coefficient (Wildman–Crippen LogP) is 2.42. The molecular weight excluding hydrogens is 375 g/mol. The van der Waals surface area contributed by atoms with Crippen molar-refractivity contribution in [2.24, 2.45) is 12.0 Å². The summed E-state index contributed by atoms with van der Waals surface area (Å²) >= 11 is 0. The van der Waals surface area contributed by atoms with E-state index in [1.165, 1.54) is 17.9 Å². The molecule has 2 rings (SSSR count). The van der Waals surface area contributed by atoms with Crippen LogP contribution >= 0.6 is 0 Å². The van der Waals surface area contributed by atoms with Gasteiger partial charge < -0.3 is 19.7 Å². The molecule has 0 bridgehead atoms. The average Bonchev–Trinajstić information content (AvgIpc) is 3.04. The Morgan fingerprint density at radius 1 is 1.32 bits per heavy atom. The maximum atomic E-state index is 13.1. The Labute approximate surface area is 163 Å². The van der Waals surface area contributed by atoms with Crippen molar-refractivity contribution in [2.45, 2.75) is 45.0 Å². The number of alkyl halides is 3. The van der Waals surface area contributed by atoms with Crippen LogP contribution in [0.4, 0.5) is 13.2 Å². The van der Waals surface area contributed by atoms with Gasteiger partial charge in [0.05, 0.1) is 12.6 Å². The molecule has 1 aromatic rings. The van der Waals surface area contributed by atoms with Crippen LogP contribution in [0.1, 0.15) is 37.4 Å². The molecule has 0 unspecified atom stereocenters. The van der Waals surface area contributed by atoms with Crippen molar-refractivity contribution in [3.8, 4) is 0 Å². The first-order chi connectivity index (χ1) is 13.3. The summed E-state index contributed by atoms with van der Waals surface area (Å²) in [5, 5.41) is 6.71. The lowest BCUT2D eigenvalue weighted by atomic mass is 10.1. The van der Waals surface area contributed by atoms with Gasteiger partial charge in [-0.15, -0.1) is 0 Å². The second kappa shape index (κ2) is 10.7. The fourth-order valence-corrected chi connectivity index (χ4v) is 3.17. The molecule has 0 amide bonds. The van der Waals surface area contributed by atoms with Crippen LogP contribution in [0.2, 0.25) is 0 Å². The summed E-state index contributed by atoms with van der Waals surface area (Å²) in [4.78, 5) is 6.50. The zero-order valence-corrected chi connectivity index (χ0v) is 16.8.